The molecule has 3 nitrogen and oxygen atoms in total. The molecule has 0 bridgehead atoms. The summed E-state index contributed by atoms with van der Waals surface area (Å²) in [5, 5.41) is 9.63. The number of aliphatic hydroxyl groups excluding tert-OH is 1. The van der Waals surface area contributed by atoms with Crippen molar-refractivity contribution in [1.82, 2.24) is 9.55 Å². The van der Waals surface area contributed by atoms with E-state index < -0.39 is 0 Å². The summed E-state index contributed by atoms with van der Waals surface area (Å²) < 4.78 is 2.18. The normalized spacial score (nSPS) is 13.0. The molecule has 0 saturated carbocycles. The van der Waals surface area contributed by atoms with Gasteiger partial charge in [0.2, 0.25) is 0 Å². The Labute approximate surface area is 92.1 Å². The lowest BCUT2D eigenvalue weighted by Gasteiger charge is -2.10. The van der Waals surface area contributed by atoms with Crippen molar-refractivity contribution in [2.24, 2.45) is 0 Å². The lowest BCUT2D eigenvalue weighted by molar-refractivity contribution is 0.153. The summed E-state index contributed by atoms with van der Waals surface area (Å²) in [7, 11) is 0. The van der Waals surface area contributed by atoms with E-state index in [2.05, 4.69) is 23.4 Å². The van der Waals surface area contributed by atoms with Crippen molar-refractivity contribution in [1.29, 1.82) is 0 Å². The molecule has 0 radical (unpaired) electrons. The molecule has 15 heavy (non-hydrogen) atoms. The third-order valence-electron chi connectivity index (χ3n) is 2.59. The van der Waals surface area contributed by atoms with Gasteiger partial charge in [-0.05, 0) is 19.3 Å². The first-order valence-corrected chi connectivity index (χ1v) is 5.96. The van der Waals surface area contributed by atoms with Gasteiger partial charge < -0.3 is 9.67 Å². The van der Waals surface area contributed by atoms with Crippen LogP contribution in [-0.4, -0.2) is 20.8 Å². The number of rotatable bonds is 7. The van der Waals surface area contributed by atoms with Crippen molar-refractivity contribution in [2.75, 3.05) is 0 Å². The molecule has 0 aliphatic carbocycles. The highest BCUT2D eigenvalue weighted by atomic mass is 16.3. The molecular formula is C12H22N2O. The van der Waals surface area contributed by atoms with Gasteiger partial charge in [0.05, 0.1) is 6.10 Å². The van der Waals surface area contributed by atoms with E-state index in [0.717, 1.165) is 44.5 Å². The molecule has 0 saturated heterocycles. The molecule has 0 aliphatic heterocycles. The monoisotopic (exact) mass is 210 g/mol. The number of aliphatic hydroxyl groups is 1. The Morgan fingerprint density at radius 3 is 2.80 bits per heavy atom. The van der Waals surface area contributed by atoms with E-state index in [-0.39, 0.29) is 6.10 Å². The van der Waals surface area contributed by atoms with Gasteiger partial charge in [0.25, 0.3) is 0 Å². The second-order valence-electron chi connectivity index (χ2n) is 4.02. The van der Waals surface area contributed by atoms with E-state index in [1.165, 1.54) is 0 Å². The maximum Gasteiger partial charge on any atom is 0.108 e. The number of aryl methyl sites for hydroxylation is 2. The zero-order valence-corrected chi connectivity index (χ0v) is 9.82. The van der Waals surface area contributed by atoms with Crippen LogP contribution in [0, 0.1) is 0 Å². The number of hydrogen-bond donors (Lipinski definition) is 1. The van der Waals surface area contributed by atoms with Crippen LogP contribution in [-0.2, 0) is 13.0 Å². The average Bonchev–Trinajstić information content (AvgIpc) is 2.64. The summed E-state index contributed by atoms with van der Waals surface area (Å²) in [4.78, 5) is 4.32. The highest BCUT2D eigenvalue weighted by Gasteiger charge is 2.06. The zero-order valence-electron chi connectivity index (χ0n) is 9.82. The molecule has 1 unspecified atom stereocenters. The van der Waals surface area contributed by atoms with E-state index in [9.17, 15) is 5.11 Å². The van der Waals surface area contributed by atoms with E-state index in [1.807, 2.05) is 12.4 Å². The Kier molecular flexibility index (Phi) is 5.40. The number of imidazole rings is 1. The van der Waals surface area contributed by atoms with Crippen LogP contribution in [0.5, 0.6) is 0 Å². The van der Waals surface area contributed by atoms with Crippen LogP contribution in [0.1, 0.15) is 45.4 Å². The smallest absolute Gasteiger partial charge is 0.108 e. The lowest BCUT2D eigenvalue weighted by atomic mass is 10.1. The minimum absolute atomic E-state index is 0.165. The fraction of sp³-hybridized carbons (Fsp3) is 0.750. The van der Waals surface area contributed by atoms with Crippen LogP contribution < -0.4 is 0 Å². The van der Waals surface area contributed by atoms with Gasteiger partial charge >= 0.3 is 0 Å². The summed E-state index contributed by atoms with van der Waals surface area (Å²) >= 11 is 0. The highest BCUT2D eigenvalue weighted by molar-refractivity contribution is 4.92. The molecule has 3 heteroatoms. The molecule has 0 spiro atoms. The van der Waals surface area contributed by atoms with Crippen LogP contribution >= 0.6 is 0 Å². The first kappa shape index (κ1) is 12.2. The Bertz CT molecular complexity index is 270. The SMILES string of the molecule is CCCC(O)CCc1nccn1CCC. The third kappa shape index (κ3) is 4.04. The van der Waals surface area contributed by atoms with Crippen LogP contribution in [0.2, 0.25) is 0 Å². The molecule has 1 rings (SSSR count). The van der Waals surface area contributed by atoms with Gasteiger partial charge in [-0.15, -0.1) is 0 Å². The molecule has 1 atom stereocenters. The van der Waals surface area contributed by atoms with Gasteiger partial charge in [-0.25, -0.2) is 4.98 Å². The van der Waals surface area contributed by atoms with Crippen LogP contribution in [0.15, 0.2) is 12.4 Å². The second kappa shape index (κ2) is 6.62. The highest BCUT2D eigenvalue weighted by Crippen LogP contribution is 2.08. The Morgan fingerprint density at radius 2 is 2.13 bits per heavy atom. The number of nitrogens with zero attached hydrogens (tertiary/aromatic N) is 2. The predicted octanol–water partition coefficient (Wildman–Crippen LogP) is 2.39. The van der Waals surface area contributed by atoms with Gasteiger partial charge in [-0.2, -0.15) is 0 Å². The van der Waals surface area contributed by atoms with Crippen molar-refractivity contribution < 1.29 is 5.11 Å². The van der Waals surface area contributed by atoms with Crippen molar-refractivity contribution in [3.8, 4) is 0 Å². The van der Waals surface area contributed by atoms with Gasteiger partial charge in [-0.1, -0.05) is 20.3 Å². The summed E-state index contributed by atoms with van der Waals surface area (Å²) in [5.41, 5.74) is 0. The fourth-order valence-corrected chi connectivity index (χ4v) is 1.79. The quantitative estimate of drug-likeness (QED) is 0.750. The third-order valence-corrected chi connectivity index (χ3v) is 2.59. The van der Waals surface area contributed by atoms with Gasteiger partial charge in [0, 0.05) is 25.4 Å². The minimum atomic E-state index is -0.165. The first-order chi connectivity index (χ1) is 7.27. The summed E-state index contributed by atoms with van der Waals surface area (Å²) in [6.45, 7) is 5.29. The maximum atomic E-state index is 9.63. The zero-order chi connectivity index (χ0) is 11.1. The Hall–Kier alpha value is -0.830. The van der Waals surface area contributed by atoms with Crippen molar-refractivity contribution >= 4 is 0 Å². The molecule has 0 fully saturated rings. The summed E-state index contributed by atoms with van der Waals surface area (Å²) in [6, 6.07) is 0. The van der Waals surface area contributed by atoms with Crippen molar-refractivity contribution in [3.63, 3.8) is 0 Å². The number of aromatic nitrogens is 2. The van der Waals surface area contributed by atoms with Crippen LogP contribution in [0.4, 0.5) is 0 Å². The molecule has 86 valence electrons. The van der Waals surface area contributed by atoms with Crippen LogP contribution in [0.3, 0.4) is 0 Å². The van der Waals surface area contributed by atoms with E-state index in [0.29, 0.717) is 0 Å². The molecule has 0 amide bonds. The maximum absolute atomic E-state index is 9.63. The molecule has 1 aromatic rings. The Balaban J connectivity index is 2.39. The molecule has 0 aromatic carbocycles. The summed E-state index contributed by atoms with van der Waals surface area (Å²) in [5.74, 6) is 1.10. The first-order valence-electron chi connectivity index (χ1n) is 5.96. The van der Waals surface area contributed by atoms with E-state index in [4.69, 9.17) is 0 Å². The molecule has 1 N–H and O–H groups in total. The van der Waals surface area contributed by atoms with Gasteiger partial charge in [-0.3, -0.25) is 0 Å². The number of hydrogen-bond acceptors (Lipinski definition) is 2. The molecule has 1 heterocycles. The topological polar surface area (TPSA) is 38.1 Å². The fourth-order valence-electron chi connectivity index (χ4n) is 1.79. The van der Waals surface area contributed by atoms with Gasteiger partial charge in [0.15, 0.2) is 0 Å². The second-order valence-corrected chi connectivity index (χ2v) is 4.02. The largest absolute Gasteiger partial charge is 0.393 e. The molecule has 1 aromatic heterocycles. The average molecular weight is 210 g/mol. The van der Waals surface area contributed by atoms with E-state index >= 15 is 0 Å². The standard InChI is InChI=1S/C12H22N2O/c1-3-5-11(15)6-7-12-13-8-10-14(12)9-4-2/h8,10-11,15H,3-7,9H2,1-2H3. The van der Waals surface area contributed by atoms with Crippen molar-refractivity contribution in [3.05, 3.63) is 18.2 Å². The van der Waals surface area contributed by atoms with E-state index in [1.54, 1.807) is 0 Å². The summed E-state index contributed by atoms with van der Waals surface area (Å²) in [6.07, 6.45) is 8.48. The minimum Gasteiger partial charge on any atom is -0.393 e. The lowest BCUT2D eigenvalue weighted by Crippen LogP contribution is -2.10. The van der Waals surface area contributed by atoms with Crippen LogP contribution in [0.25, 0.3) is 0 Å². The molecule has 0 aliphatic rings. The van der Waals surface area contributed by atoms with Crippen molar-refractivity contribution in [2.45, 2.75) is 58.6 Å². The van der Waals surface area contributed by atoms with Gasteiger partial charge in [0.1, 0.15) is 5.82 Å². The molecular weight excluding hydrogens is 188 g/mol. The Morgan fingerprint density at radius 1 is 1.33 bits per heavy atom. The predicted molar refractivity (Wildman–Crippen MR) is 61.8 cm³/mol.